The number of ether oxygens (including phenoxy) is 1. The van der Waals surface area contributed by atoms with Gasteiger partial charge in [-0.1, -0.05) is 12.1 Å². The zero-order valence-corrected chi connectivity index (χ0v) is 28.5. The fourth-order valence-corrected chi connectivity index (χ4v) is 11.1. The molecule has 9 rings (SSSR count). The molecule has 5 N–H and O–H groups in total. The molecule has 4 saturated carbocycles. The lowest BCUT2D eigenvalue weighted by molar-refractivity contribution is -0.412. The van der Waals surface area contributed by atoms with E-state index in [0.717, 1.165) is 35.3 Å². The Hall–Kier alpha value is -4.89. The number of carbonyl (C=O) groups is 6. The van der Waals surface area contributed by atoms with Gasteiger partial charge >= 0.3 is 6.03 Å². The fraction of sp³-hybridized carbons (Fsp3) is 0.514. The predicted molar refractivity (Wildman–Crippen MR) is 181 cm³/mol. The van der Waals surface area contributed by atoms with Crippen LogP contribution in [0.3, 0.4) is 0 Å². The van der Waals surface area contributed by atoms with Gasteiger partial charge in [-0.05, 0) is 79.3 Å². The molecule has 52 heavy (non-hydrogen) atoms. The van der Waals surface area contributed by atoms with Crippen LogP contribution in [-0.2, 0) is 32.2 Å². The summed E-state index contributed by atoms with van der Waals surface area (Å²) in [6.07, 6.45) is 4.07. The number of hydrogen-bond acceptors (Lipinski definition) is 9. The molecular weight excluding hydrogens is 673 g/mol. The Morgan fingerprint density at radius 1 is 0.962 bits per heavy atom. The molecule has 272 valence electrons. The second-order valence-corrected chi connectivity index (χ2v) is 15.4. The number of carbonyl (C=O) groups excluding carboxylic acids is 6. The lowest BCUT2D eigenvalue weighted by Gasteiger charge is -2.95. The van der Waals surface area contributed by atoms with Crippen molar-refractivity contribution in [3.05, 3.63) is 64.5 Å². The average Bonchev–Trinajstić information content (AvgIpc) is 3.62. The Kier molecular flexibility index (Phi) is 7.49. The quantitative estimate of drug-likeness (QED) is 0.161. The van der Waals surface area contributed by atoms with Gasteiger partial charge in [0.2, 0.25) is 17.7 Å². The first-order chi connectivity index (χ1) is 25.1. The lowest BCUT2D eigenvalue weighted by atomic mass is 9.13. The van der Waals surface area contributed by atoms with E-state index in [2.05, 4.69) is 26.6 Å². The topological polar surface area (TPSA) is 178 Å². The number of rotatable bonds is 12. The molecule has 0 aromatic heterocycles. The number of hydrogen-bond donors (Lipinski definition) is 5. The van der Waals surface area contributed by atoms with Crippen molar-refractivity contribution in [1.82, 2.24) is 31.1 Å². The Labute approximate surface area is 298 Å². The van der Waals surface area contributed by atoms with Crippen molar-refractivity contribution >= 4 is 41.3 Å². The van der Waals surface area contributed by atoms with E-state index < -0.39 is 29.7 Å². The molecule has 2 aromatic rings. The molecule has 5 fully saturated rings. The molecule has 6 unspecified atom stereocenters. The van der Waals surface area contributed by atoms with Gasteiger partial charge in [0.15, 0.2) is 0 Å². The molecule has 1 saturated heterocycles. The van der Waals surface area contributed by atoms with Crippen molar-refractivity contribution in [2.24, 2.45) is 17.3 Å². The fourth-order valence-electron chi connectivity index (χ4n) is 11.1. The summed E-state index contributed by atoms with van der Waals surface area (Å²) in [6, 6.07) is 8.30. The minimum absolute atomic E-state index is 0.00660. The maximum atomic E-state index is 13.7. The smallest absolute Gasteiger partial charge is 0.315 e. The summed E-state index contributed by atoms with van der Waals surface area (Å²) < 4.78 is 19.4. The summed E-state index contributed by atoms with van der Waals surface area (Å²) in [5.74, 6) is -1.41. The highest BCUT2D eigenvalue weighted by Gasteiger charge is 2.94. The van der Waals surface area contributed by atoms with Crippen LogP contribution in [-0.4, -0.2) is 95.3 Å². The van der Waals surface area contributed by atoms with Gasteiger partial charge in [-0.15, -0.1) is 0 Å². The van der Waals surface area contributed by atoms with Crippen molar-refractivity contribution < 1.29 is 37.9 Å². The maximum Gasteiger partial charge on any atom is 0.315 e. The van der Waals surface area contributed by atoms with Gasteiger partial charge in [0.25, 0.3) is 11.8 Å². The first-order valence-corrected chi connectivity index (χ1v) is 18.1. The standard InChI is InChI=1S/C37H40FN7O7/c38-24-5-4-20-17-44(18-21(20)12-24)29(47)16-41-35-14-22-13-23-15-36(19-35,37(22,23)35)43-34(51)40-9-11-52-10-8-39-26-3-1-2-25-30(26)33(50)45(32(25)49)27-6-7-28(46)42-31(27)48/h1-5,12,22-23,27,39,41H,6-11,13-19H2,(H2,40,43,51)(H,42,46,48). The van der Waals surface area contributed by atoms with E-state index in [0.29, 0.717) is 43.7 Å². The second kappa shape index (κ2) is 11.8. The van der Waals surface area contributed by atoms with Crippen LogP contribution in [0.15, 0.2) is 36.4 Å². The molecular formula is C37H40FN7O7. The van der Waals surface area contributed by atoms with Crippen LogP contribution in [0.2, 0.25) is 0 Å². The molecule has 7 amide bonds. The Bertz CT molecular complexity index is 1950. The Balaban J connectivity index is 0.711. The summed E-state index contributed by atoms with van der Waals surface area (Å²) in [7, 11) is 0. The van der Waals surface area contributed by atoms with Crippen LogP contribution in [0.5, 0.6) is 0 Å². The number of urea groups is 1. The number of fused-ring (bicyclic) bond motifs is 2. The van der Waals surface area contributed by atoms with E-state index in [9.17, 15) is 33.2 Å². The zero-order chi connectivity index (χ0) is 36.0. The molecule has 0 radical (unpaired) electrons. The van der Waals surface area contributed by atoms with E-state index in [1.165, 1.54) is 18.6 Å². The third kappa shape index (κ3) is 4.60. The first-order valence-electron chi connectivity index (χ1n) is 18.1. The van der Waals surface area contributed by atoms with E-state index in [4.69, 9.17) is 4.74 Å². The first kappa shape index (κ1) is 33.0. The van der Waals surface area contributed by atoms with Crippen molar-refractivity contribution in [2.75, 3.05) is 38.2 Å². The highest BCUT2D eigenvalue weighted by Crippen LogP contribution is 2.90. The van der Waals surface area contributed by atoms with Gasteiger partial charge in [0.1, 0.15) is 11.9 Å². The molecule has 3 heterocycles. The van der Waals surface area contributed by atoms with Crippen LogP contribution in [0.25, 0.3) is 0 Å². The molecule has 4 aliphatic carbocycles. The van der Waals surface area contributed by atoms with Crippen LogP contribution >= 0.6 is 0 Å². The molecule has 7 aliphatic rings. The van der Waals surface area contributed by atoms with Gasteiger partial charge in [-0.25, -0.2) is 9.18 Å². The number of benzene rings is 2. The molecule has 15 heteroatoms. The minimum Gasteiger partial charge on any atom is -0.382 e. The number of amides is 7. The van der Waals surface area contributed by atoms with Gasteiger partial charge in [0, 0.05) is 49.2 Å². The van der Waals surface area contributed by atoms with Crippen LogP contribution in [0, 0.1) is 23.1 Å². The molecule has 14 nitrogen and oxygen atoms in total. The van der Waals surface area contributed by atoms with Gasteiger partial charge in [0.05, 0.1) is 36.4 Å². The highest BCUT2D eigenvalue weighted by atomic mass is 19.1. The minimum atomic E-state index is -1.03. The van der Waals surface area contributed by atoms with Crippen LogP contribution in [0.4, 0.5) is 14.9 Å². The number of nitrogens with zero attached hydrogens (tertiary/aromatic N) is 2. The van der Waals surface area contributed by atoms with E-state index >= 15 is 0 Å². The van der Waals surface area contributed by atoms with E-state index in [1.807, 2.05) is 0 Å². The third-order valence-electron chi connectivity index (χ3n) is 13.0. The summed E-state index contributed by atoms with van der Waals surface area (Å²) in [4.78, 5) is 79.1. The van der Waals surface area contributed by atoms with Crippen molar-refractivity contribution in [3.8, 4) is 0 Å². The van der Waals surface area contributed by atoms with Crippen molar-refractivity contribution in [3.63, 3.8) is 0 Å². The van der Waals surface area contributed by atoms with E-state index in [1.54, 1.807) is 29.2 Å². The monoisotopic (exact) mass is 713 g/mol. The summed E-state index contributed by atoms with van der Waals surface area (Å²) in [5.41, 5.74) is 2.31. The second-order valence-electron chi connectivity index (χ2n) is 15.4. The Morgan fingerprint density at radius 2 is 1.75 bits per heavy atom. The lowest BCUT2D eigenvalue weighted by Crippen LogP contribution is -3.02. The highest BCUT2D eigenvalue weighted by molar-refractivity contribution is 6.25. The van der Waals surface area contributed by atoms with Crippen molar-refractivity contribution in [2.45, 2.75) is 68.7 Å². The normalized spacial score (nSPS) is 31.5. The maximum absolute atomic E-state index is 13.7. The van der Waals surface area contributed by atoms with E-state index in [-0.39, 0.29) is 78.0 Å². The zero-order valence-electron chi connectivity index (χ0n) is 28.5. The van der Waals surface area contributed by atoms with Gasteiger partial charge < -0.3 is 30.9 Å². The molecule has 6 atom stereocenters. The SMILES string of the molecule is O=C1CCC(N2C(=O)c3cccc(NCCOCCNC(=O)NC45CC6CC7CC(NCC(=O)N8Cc9ccc(F)cc9C8)(C4)C765)c3C2=O)C(=O)N1. The van der Waals surface area contributed by atoms with Gasteiger partial charge in [-0.3, -0.25) is 34.2 Å². The summed E-state index contributed by atoms with van der Waals surface area (Å²) in [5, 5.41) is 15.2. The Morgan fingerprint density at radius 3 is 2.56 bits per heavy atom. The van der Waals surface area contributed by atoms with Crippen LogP contribution in [0.1, 0.15) is 70.4 Å². The molecule has 1 spiro atoms. The predicted octanol–water partition coefficient (Wildman–Crippen LogP) is 1.40. The molecule has 0 bridgehead atoms. The van der Waals surface area contributed by atoms with Gasteiger partial charge in [-0.2, -0.15) is 0 Å². The number of imide groups is 2. The molecule has 3 aliphatic heterocycles. The number of anilines is 1. The summed E-state index contributed by atoms with van der Waals surface area (Å²) in [6.45, 7) is 2.33. The number of nitrogens with one attached hydrogen (secondary N) is 5. The third-order valence-corrected chi connectivity index (χ3v) is 13.0. The largest absolute Gasteiger partial charge is 0.382 e. The van der Waals surface area contributed by atoms with Crippen molar-refractivity contribution in [1.29, 1.82) is 0 Å². The average molecular weight is 714 g/mol. The number of piperidine rings is 1. The molecule has 2 aromatic carbocycles. The number of halogens is 1. The van der Waals surface area contributed by atoms with Crippen LogP contribution < -0.4 is 26.6 Å². The summed E-state index contributed by atoms with van der Waals surface area (Å²) >= 11 is 0.